The molecule has 1 aromatic rings. The summed E-state index contributed by atoms with van der Waals surface area (Å²) in [5.41, 5.74) is 0. The van der Waals surface area contributed by atoms with Gasteiger partial charge in [0, 0.05) is 26.7 Å². The highest BCUT2D eigenvalue weighted by Crippen LogP contribution is 2.35. The number of sulfone groups is 1. The minimum Gasteiger partial charge on any atom is -0.356 e. The Labute approximate surface area is 151 Å². The van der Waals surface area contributed by atoms with Crippen LogP contribution in [0.3, 0.4) is 0 Å². The zero-order valence-corrected chi connectivity index (χ0v) is 15.8. The van der Waals surface area contributed by atoms with Gasteiger partial charge < -0.3 is 10.2 Å². The maximum absolute atomic E-state index is 12.3. The third-order valence-corrected chi connectivity index (χ3v) is 7.28. The highest BCUT2D eigenvalue weighted by atomic mass is 32.2. The molecule has 1 aromatic carbocycles. The number of rotatable bonds is 5. The van der Waals surface area contributed by atoms with Crippen LogP contribution in [0.15, 0.2) is 40.2 Å². The molecule has 0 radical (unpaired) electrons. The van der Waals surface area contributed by atoms with E-state index in [0.717, 1.165) is 30.9 Å². The van der Waals surface area contributed by atoms with Crippen molar-refractivity contribution in [1.29, 1.82) is 0 Å². The molecule has 3 rings (SSSR count). The van der Waals surface area contributed by atoms with Crippen LogP contribution in [-0.4, -0.2) is 51.7 Å². The molecule has 6 heteroatoms. The van der Waals surface area contributed by atoms with Crippen molar-refractivity contribution in [2.75, 3.05) is 32.4 Å². The number of hydrogen-bond donors (Lipinski definition) is 1. The Bertz CT molecular complexity index is 674. The van der Waals surface area contributed by atoms with Crippen molar-refractivity contribution in [3.05, 3.63) is 30.3 Å². The molecule has 0 amide bonds. The predicted octanol–water partition coefficient (Wildman–Crippen LogP) is 2.55. The van der Waals surface area contributed by atoms with Crippen LogP contribution in [0, 0.1) is 11.8 Å². The standard InChI is InChI=1S/C19H29N3O2S/c1-20-19(22-14-16-8-5-6-9-17(16)15-22)21-12-7-13-25(23,24)18-10-3-2-4-11-18/h2-4,10-11,16-17H,5-9,12-15H2,1H3,(H,20,21). The molecule has 2 fully saturated rings. The second kappa shape index (κ2) is 8.21. The average molecular weight is 364 g/mol. The minimum absolute atomic E-state index is 0.159. The normalized spacial score (nSPS) is 24.2. The lowest BCUT2D eigenvalue weighted by Crippen LogP contribution is -2.41. The van der Waals surface area contributed by atoms with E-state index in [1.807, 2.05) is 13.1 Å². The Kier molecular flexibility index (Phi) is 5.99. The van der Waals surface area contributed by atoms with Crippen LogP contribution in [0.2, 0.25) is 0 Å². The van der Waals surface area contributed by atoms with E-state index >= 15 is 0 Å². The topological polar surface area (TPSA) is 61.8 Å². The fourth-order valence-electron chi connectivity index (χ4n) is 4.12. The number of hydrogen-bond acceptors (Lipinski definition) is 3. The average Bonchev–Trinajstić information content (AvgIpc) is 3.06. The maximum Gasteiger partial charge on any atom is 0.193 e. The van der Waals surface area contributed by atoms with Crippen LogP contribution in [0.25, 0.3) is 0 Å². The first kappa shape index (κ1) is 18.2. The van der Waals surface area contributed by atoms with Crippen molar-refractivity contribution in [3.8, 4) is 0 Å². The van der Waals surface area contributed by atoms with E-state index in [9.17, 15) is 8.42 Å². The van der Waals surface area contributed by atoms with Crippen LogP contribution in [0.5, 0.6) is 0 Å². The van der Waals surface area contributed by atoms with Crippen LogP contribution >= 0.6 is 0 Å². The molecule has 1 heterocycles. The van der Waals surface area contributed by atoms with Crippen LogP contribution in [-0.2, 0) is 9.84 Å². The van der Waals surface area contributed by atoms with Gasteiger partial charge in [0.15, 0.2) is 15.8 Å². The molecule has 0 bridgehead atoms. The number of fused-ring (bicyclic) bond motifs is 1. The van der Waals surface area contributed by atoms with Gasteiger partial charge in [0.1, 0.15) is 0 Å². The number of guanidine groups is 1. The second-order valence-corrected chi connectivity index (χ2v) is 9.28. The molecule has 1 saturated carbocycles. The van der Waals surface area contributed by atoms with Crippen molar-refractivity contribution in [2.24, 2.45) is 16.8 Å². The van der Waals surface area contributed by atoms with E-state index in [-0.39, 0.29) is 5.75 Å². The van der Waals surface area contributed by atoms with E-state index in [1.54, 1.807) is 24.3 Å². The van der Waals surface area contributed by atoms with Gasteiger partial charge in [-0.05, 0) is 43.2 Å². The van der Waals surface area contributed by atoms with Crippen molar-refractivity contribution in [2.45, 2.75) is 37.0 Å². The fourth-order valence-corrected chi connectivity index (χ4v) is 5.45. The summed E-state index contributed by atoms with van der Waals surface area (Å²) in [6.45, 7) is 2.81. The molecule has 2 unspecified atom stereocenters. The van der Waals surface area contributed by atoms with Gasteiger partial charge in [0.05, 0.1) is 10.6 Å². The molecule has 25 heavy (non-hydrogen) atoms. The van der Waals surface area contributed by atoms with Gasteiger partial charge in [0.25, 0.3) is 0 Å². The van der Waals surface area contributed by atoms with Crippen LogP contribution in [0.1, 0.15) is 32.1 Å². The Morgan fingerprint density at radius 1 is 1.16 bits per heavy atom. The van der Waals surface area contributed by atoms with E-state index in [1.165, 1.54) is 25.7 Å². The van der Waals surface area contributed by atoms with Gasteiger partial charge in [-0.25, -0.2) is 8.42 Å². The smallest absolute Gasteiger partial charge is 0.193 e. The molecule has 1 N–H and O–H groups in total. The second-order valence-electron chi connectivity index (χ2n) is 7.17. The number of likely N-dealkylation sites (tertiary alicyclic amines) is 1. The van der Waals surface area contributed by atoms with Crippen molar-refractivity contribution in [1.82, 2.24) is 10.2 Å². The first-order valence-electron chi connectivity index (χ1n) is 9.33. The van der Waals surface area contributed by atoms with Gasteiger partial charge in [-0.2, -0.15) is 0 Å². The predicted molar refractivity (Wildman–Crippen MR) is 101 cm³/mol. The Balaban J connectivity index is 1.46. The van der Waals surface area contributed by atoms with Gasteiger partial charge in [0.2, 0.25) is 0 Å². The molecule has 1 aliphatic heterocycles. The summed E-state index contributed by atoms with van der Waals surface area (Å²) >= 11 is 0. The monoisotopic (exact) mass is 363 g/mol. The van der Waals surface area contributed by atoms with E-state index < -0.39 is 9.84 Å². The number of nitrogens with zero attached hydrogens (tertiary/aromatic N) is 2. The zero-order valence-electron chi connectivity index (χ0n) is 15.0. The Hall–Kier alpha value is -1.56. The highest BCUT2D eigenvalue weighted by Gasteiger charge is 2.35. The number of benzene rings is 1. The van der Waals surface area contributed by atoms with Gasteiger partial charge in [-0.3, -0.25) is 4.99 Å². The van der Waals surface area contributed by atoms with Crippen molar-refractivity contribution < 1.29 is 8.42 Å². The highest BCUT2D eigenvalue weighted by molar-refractivity contribution is 7.91. The molecule has 138 valence electrons. The van der Waals surface area contributed by atoms with Crippen LogP contribution in [0.4, 0.5) is 0 Å². The van der Waals surface area contributed by atoms with E-state index in [4.69, 9.17) is 0 Å². The zero-order chi connectivity index (χ0) is 17.7. The lowest BCUT2D eigenvalue weighted by molar-refractivity contribution is 0.299. The van der Waals surface area contributed by atoms with Crippen molar-refractivity contribution in [3.63, 3.8) is 0 Å². The molecule has 1 saturated heterocycles. The summed E-state index contributed by atoms with van der Waals surface area (Å²) in [6.07, 6.45) is 5.98. The molecule has 0 aromatic heterocycles. The summed E-state index contributed by atoms with van der Waals surface area (Å²) < 4.78 is 24.6. The van der Waals surface area contributed by atoms with E-state index in [2.05, 4.69) is 15.2 Å². The summed E-state index contributed by atoms with van der Waals surface area (Å²) in [7, 11) is -1.38. The number of nitrogens with one attached hydrogen (secondary N) is 1. The molecule has 5 nitrogen and oxygen atoms in total. The van der Waals surface area contributed by atoms with Gasteiger partial charge in [-0.1, -0.05) is 31.0 Å². The van der Waals surface area contributed by atoms with Crippen molar-refractivity contribution >= 4 is 15.8 Å². The Morgan fingerprint density at radius 2 is 1.80 bits per heavy atom. The quantitative estimate of drug-likeness (QED) is 0.496. The minimum atomic E-state index is -3.19. The number of aliphatic imine (C=N–C) groups is 1. The lowest BCUT2D eigenvalue weighted by Gasteiger charge is -2.22. The maximum atomic E-state index is 12.3. The molecule has 0 spiro atoms. The first-order chi connectivity index (χ1) is 12.1. The first-order valence-corrected chi connectivity index (χ1v) is 11.0. The summed E-state index contributed by atoms with van der Waals surface area (Å²) in [4.78, 5) is 7.16. The molecule has 1 aliphatic carbocycles. The largest absolute Gasteiger partial charge is 0.356 e. The molecular formula is C19H29N3O2S. The molecule has 2 atom stereocenters. The summed E-state index contributed by atoms with van der Waals surface area (Å²) in [5.74, 6) is 2.70. The van der Waals surface area contributed by atoms with Gasteiger partial charge in [-0.15, -0.1) is 0 Å². The SMILES string of the molecule is CN=C(NCCCS(=O)(=O)c1ccccc1)N1CC2CCCCC2C1. The fraction of sp³-hybridized carbons (Fsp3) is 0.632. The lowest BCUT2D eigenvalue weighted by atomic mass is 9.82. The summed E-state index contributed by atoms with van der Waals surface area (Å²) in [6, 6.07) is 8.68. The van der Waals surface area contributed by atoms with E-state index in [0.29, 0.717) is 17.9 Å². The third kappa shape index (κ3) is 4.54. The third-order valence-electron chi connectivity index (χ3n) is 5.46. The Morgan fingerprint density at radius 3 is 2.40 bits per heavy atom. The molecular weight excluding hydrogens is 334 g/mol. The summed E-state index contributed by atoms with van der Waals surface area (Å²) in [5, 5.41) is 3.36. The van der Waals surface area contributed by atoms with Crippen LogP contribution < -0.4 is 5.32 Å². The molecule has 2 aliphatic rings. The van der Waals surface area contributed by atoms with Gasteiger partial charge >= 0.3 is 0 Å².